The van der Waals surface area contributed by atoms with Crippen LogP contribution in [0.5, 0.6) is 17.2 Å². The Labute approximate surface area is 217 Å². The summed E-state index contributed by atoms with van der Waals surface area (Å²) in [7, 11) is 4.65. The molecular weight excluding hydrogens is 486 g/mol. The average Bonchev–Trinajstić information content (AvgIpc) is 3.33. The summed E-state index contributed by atoms with van der Waals surface area (Å²) in [5, 5.41) is 12.9. The molecule has 5 rings (SSSR count). The van der Waals surface area contributed by atoms with E-state index in [-0.39, 0.29) is 11.5 Å². The summed E-state index contributed by atoms with van der Waals surface area (Å²) < 4.78 is 16.6. The van der Waals surface area contributed by atoms with Crippen molar-refractivity contribution in [3.63, 3.8) is 0 Å². The van der Waals surface area contributed by atoms with Gasteiger partial charge in [0.2, 0.25) is 5.75 Å². The van der Waals surface area contributed by atoms with Gasteiger partial charge in [-0.1, -0.05) is 18.2 Å². The molecule has 0 spiro atoms. The normalized spacial score (nSPS) is 11.2. The summed E-state index contributed by atoms with van der Waals surface area (Å²) in [6.45, 7) is 0. The maximum atomic E-state index is 12.8. The number of allylic oxidation sites excluding steroid dienone is 1. The molecule has 5 aromatic rings. The number of hydrogen-bond donors (Lipinski definition) is 1. The first-order chi connectivity index (χ1) is 18.4. The largest absolute Gasteiger partial charge is 0.493 e. The summed E-state index contributed by atoms with van der Waals surface area (Å²) in [6.07, 6.45) is 3.04. The molecule has 0 bridgehead atoms. The number of hydrogen-bond acceptors (Lipinski definition) is 7. The van der Waals surface area contributed by atoms with Crippen molar-refractivity contribution >= 4 is 39.4 Å². The van der Waals surface area contributed by atoms with Gasteiger partial charge < -0.3 is 19.2 Å². The number of nitro benzene ring substituents is 1. The minimum absolute atomic E-state index is 0.0769. The summed E-state index contributed by atoms with van der Waals surface area (Å²) in [5.41, 5.74) is 3.95. The molecule has 0 atom stereocenters. The SMILES string of the molecule is COc1cc(-c2nc(/C=C/C(=O)c3ccc([N+](=O)[O-])cc3)cc3c2[nH]c2ccccc23)cc(OC)c1OC. The third kappa shape index (κ3) is 4.41. The van der Waals surface area contributed by atoms with Crippen molar-refractivity contribution in [3.8, 4) is 28.5 Å². The highest BCUT2D eigenvalue weighted by Gasteiger charge is 2.19. The first-order valence-electron chi connectivity index (χ1n) is 11.6. The molecule has 9 heteroatoms. The maximum absolute atomic E-state index is 12.8. The number of nitro groups is 1. The number of fused-ring (bicyclic) bond motifs is 3. The van der Waals surface area contributed by atoms with Gasteiger partial charge in [0.1, 0.15) is 0 Å². The molecule has 0 saturated heterocycles. The third-order valence-corrected chi connectivity index (χ3v) is 6.22. The maximum Gasteiger partial charge on any atom is 0.269 e. The topological polar surface area (TPSA) is 117 Å². The van der Waals surface area contributed by atoms with Crippen LogP contribution in [-0.4, -0.2) is 42.0 Å². The Kier molecular flexibility index (Phi) is 6.49. The Morgan fingerprint density at radius 2 is 1.61 bits per heavy atom. The molecule has 38 heavy (non-hydrogen) atoms. The van der Waals surface area contributed by atoms with Gasteiger partial charge in [0.05, 0.1) is 43.2 Å². The van der Waals surface area contributed by atoms with Gasteiger partial charge in [-0.2, -0.15) is 0 Å². The van der Waals surface area contributed by atoms with Crippen LogP contribution in [-0.2, 0) is 0 Å². The molecule has 0 radical (unpaired) electrons. The third-order valence-electron chi connectivity index (χ3n) is 6.22. The monoisotopic (exact) mass is 509 g/mol. The average molecular weight is 510 g/mol. The van der Waals surface area contributed by atoms with Crippen LogP contribution in [0.3, 0.4) is 0 Å². The Morgan fingerprint density at radius 3 is 2.24 bits per heavy atom. The van der Waals surface area contributed by atoms with Crippen LogP contribution in [0, 0.1) is 10.1 Å². The number of non-ortho nitro benzene ring substituents is 1. The van der Waals surface area contributed by atoms with Gasteiger partial charge in [-0.15, -0.1) is 0 Å². The van der Waals surface area contributed by atoms with E-state index in [0.717, 1.165) is 27.4 Å². The molecule has 2 aromatic heterocycles. The van der Waals surface area contributed by atoms with E-state index in [4.69, 9.17) is 19.2 Å². The highest BCUT2D eigenvalue weighted by Crippen LogP contribution is 2.42. The molecule has 0 aliphatic carbocycles. The summed E-state index contributed by atoms with van der Waals surface area (Å²) in [6, 6.07) is 19.0. The number of carbonyl (C=O) groups excluding carboxylic acids is 1. The van der Waals surface area contributed by atoms with E-state index in [2.05, 4.69) is 4.98 Å². The van der Waals surface area contributed by atoms with Crippen molar-refractivity contribution in [3.05, 3.63) is 94.2 Å². The number of nitrogens with one attached hydrogen (secondary N) is 1. The highest BCUT2D eigenvalue weighted by molar-refractivity contribution is 6.12. The number of H-pyrrole nitrogens is 1. The number of methoxy groups -OCH3 is 3. The second kappa shape index (κ2) is 10.1. The van der Waals surface area contributed by atoms with Crippen LogP contribution in [0.25, 0.3) is 39.1 Å². The Hall–Kier alpha value is -5.18. The molecule has 0 aliphatic rings. The first-order valence-corrected chi connectivity index (χ1v) is 11.6. The number of rotatable bonds is 8. The van der Waals surface area contributed by atoms with E-state index in [0.29, 0.717) is 34.2 Å². The van der Waals surface area contributed by atoms with Crippen molar-refractivity contribution in [2.24, 2.45) is 0 Å². The van der Waals surface area contributed by atoms with Crippen LogP contribution in [0.1, 0.15) is 16.1 Å². The number of para-hydroxylation sites is 1. The van der Waals surface area contributed by atoms with E-state index in [1.807, 2.05) is 42.5 Å². The fourth-order valence-electron chi connectivity index (χ4n) is 4.38. The minimum Gasteiger partial charge on any atom is -0.493 e. The van der Waals surface area contributed by atoms with Gasteiger partial charge >= 0.3 is 0 Å². The second-order valence-corrected chi connectivity index (χ2v) is 8.40. The van der Waals surface area contributed by atoms with Gasteiger partial charge in [0, 0.05) is 39.5 Å². The zero-order valence-corrected chi connectivity index (χ0v) is 20.8. The van der Waals surface area contributed by atoms with E-state index in [1.54, 1.807) is 27.4 Å². The van der Waals surface area contributed by atoms with Gasteiger partial charge in [-0.05, 0) is 48.6 Å². The zero-order valence-electron chi connectivity index (χ0n) is 20.8. The molecule has 0 fully saturated rings. The molecule has 0 amide bonds. The number of pyridine rings is 1. The number of ketones is 1. The standard InChI is InChI=1S/C29H23N3O6/c1-36-25-14-18(15-26(37-2)29(25)38-3)27-28-22(21-6-4-5-7-23(21)31-28)16-19(30-27)10-13-24(33)17-8-11-20(12-9-17)32(34)35/h4-16,31H,1-3H3/b13-10+. The minimum atomic E-state index is -0.505. The van der Waals surface area contributed by atoms with Crippen LogP contribution in [0.2, 0.25) is 0 Å². The van der Waals surface area contributed by atoms with Crippen LogP contribution in [0.15, 0.2) is 72.8 Å². The highest BCUT2D eigenvalue weighted by atomic mass is 16.6. The molecule has 1 N–H and O–H groups in total. The predicted molar refractivity (Wildman–Crippen MR) is 145 cm³/mol. The van der Waals surface area contributed by atoms with Gasteiger partial charge in [0.15, 0.2) is 17.3 Å². The molecule has 0 aliphatic heterocycles. The molecule has 3 aromatic carbocycles. The van der Waals surface area contributed by atoms with Crippen molar-refractivity contribution in [2.75, 3.05) is 21.3 Å². The summed E-state index contributed by atoms with van der Waals surface area (Å²) in [4.78, 5) is 31.5. The number of carbonyl (C=O) groups is 1. The van der Waals surface area contributed by atoms with E-state index >= 15 is 0 Å². The van der Waals surface area contributed by atoms with Crippen molar-refractivity contribution < 1.29 is 23.9 Å². The molecule has 190 valence electrons. The lowest BCUT2D eigenvalue weighted by Crippen LogP contribution is -1.98. The molecular formula is C29H23N3O6. The van der Waals surface area contributed by atoms with Crippen molar-refractivity contribution in [2.45, 2.75) is 0 Å². The Morgan fingerprint density at radius 1 is 0.921 bits per heavy atom. The lowest BCUT2D eigenvalue weighted by Gasteiger charge is -2.14. The van der Waals surface area contributed by atoms with Crippen LogP contribution in [0.4, 0.5) is 5.69 Å². The lowest BCUT2D eigenvalue weighted by molar-refractivity contribution is -0.384. The lowest BCUT2D eigenvalue weighted by atomic mass is 10.0. The van der Waals surface area contributed by atoms with Crippen molar-refractivity contribution in [1.29, 1.82) is 0 Å². The van der Waals surface area contributed by atoms with Gasteiger partial charge in [0.25, 0.3) is 5.69 Å². The van der Waals surface area contributed by atoms with Crippen LogP contribution < -0.4 is 14.2 Å². The quantitative estimate of drug-likeness (QED) is 0.114. The van der Waals surface area contributed by atoms with E-state index in [1.165, 1.54) is 30.3 Å². The predicted octanol–water partition coefficient (Wildman–Crippen LogP) is 6.21. The number of aromatic nitrogens is 2. The number of nitrogens with zero attached hydrogens (tertiary/aromatic N) is 2. The van der Waals surface area contributed by atoms with Gasteiger partial charge in [-0.3, -0.25) is 14.9 Å². The van der Waals surface area contributed by atoms with E-state index < -0.39 is 4.92 Å². The van der Waals surface area contributed by atoms with E-state index in [9.17, 15) is 14.9 Å². The molecule has 0 unspecified atom stereocenters. The number of ether oxygens (including phenoxy) is 3. The number of aromatic amines is 1. The Balaban J connectivity index is 1.65. The second-order valence-electron chi connectivity index (χ2n) is 8.40. The summed E-state index contributed by atoms with van der Waals surface area (Å²) in [5.74, 6) is 1.15. The van der Waals surface area contributed by atoms with Gasteiger partial charge in [-0.25, -0.2) is 4.98 Å². The molecule has 9 nitrogen and oxygen atoms in total. The first kappa shape index (κ1) is 24.5. The van der Waals surface area contributed by atoms with Crippen molar-refractivity contribution in [1.82, 2.24) is 9.97 Å². The fraction of sp³-hybridized carbons (Fsp3) is 0.103. The number of benzene rings is 3. The molecule has 0 saturated carbocycles. The van der Waals surface area contributed by atoms with Crippen LogP contribution >= 0.6 is 0 Å². The Bertz CT molecular complexity index is 1700. The smallest absolute Gasteiger partial charge is 0.269 e. The molecule has 2 heterocycles. The fourth-order valence-corrected chi connectivity index (χ4v) is 4.38. The zero-order chi connectivity index (χ0) is 26.8. The summed E-state index contributed by atoms with van der Waals surface area (Å²) >= 11 is 0.